The summed E-state index contributed by atoms with van der Waals surface area (Å²) in [5, 5.41) is -0.649. The monoisotopic (exact) mass is 397 g/mol. The van der Waals surface area contributed by atoms with Crippen molar-refractivity contribution in [3.8, 4) is 0 Å². The van der Waals surface area contributed by atoms with Gasteiger partial charge in [-0.3, -0.25) is 0 Å². The van der Waals surface area contributed by atoms with Crippen LogP contribution in [0.2, 0.25) is 10.0 Å². The highest BCUT2D eigenvalue weighted by Gasteiger charge is 2.40. The Bertz CT molecular complexity index is 648. The first-order valence-electron chi connectivity index (χ1n) is 6.07. The average Bonchev–Trinajstić information content (AvgIpc) is 2.36. The molecule has 126 valence electrons. The second-order valence-corrected chi connectivity index (χ2v) is 7.71. The molecule has 10 heteroatoms. The Labute approximate surface area is 142 Å². The maximum atomic E-state index is 13.1. The van der Waals surface area contributed by atoms with Crippen molar-refractivity contribution in [2.45, 2.75) is 31.0 Å². The maximum Gasteiger partial charge on any atom is 0.417 e. The number of sulfonamides is 1. The third-order valence-corrected chi connectivity index (χ3v) is 5.80. The minimum Gasteiger partial charge on any atom is -0.207 e. The average molecular weight is 399 g/mol. The van der Waals surface area contributed by atoms with E-state index in [0.29, 0.717) is 12.1 Å². The normalized spacial score (nSPS) is 13.2. The SMILES string of the molecule is CC(C)N(CCCl)S(=O)(=O)c1cc(Cl)c(Cl)cc1C(F)(F)F. The summed E-state index contributed by atoms with van der Waals surface area (Å²) in [5.74, 6) is -0.0555. The highest BCUT2D eigenvalue weighted by atomic mass is 35.5. The molecule has 1 aromatic carbocycles. The minimum absolute atomic E-state index is 0.0555. The van der Waals surface area contributed by atoms with Gasteiger partial charge in [0.15, 0.2) is 0 Å². The van der Waals surface area contributed by atoms with Crippen LogP contribution in [0.4, 0.5) is 13.2 Å². The van der Waals surface area contributed by atoms with E-state index in [4.69, 9.17) is 34.8 Å². The fourth-order valence-electron chi connectivity index (χ4n) is 1.83. The predicted molar refractivity (Wildman–Crippen MR) is 81.2 cm³/mol. The molecule has 1 rings (SSSR count). The van der Waals surface area contributed by atoms with Gasteiger partial charge < -0.3 is 0 Å². The van der Waals surface area contributed by atoms with Crippen LogP contribution in [-0.2, 0) is 16.2 Å². The van der Waals surface area contributed by atoms with Crippen molar-refractivity contribution >= 4 is 44.8 Å². The largest absolute Gasteiger partial charge is 0.417 e. The molecule has 0 unspecified atom stereocenters. The Morgan fingerprint density at radius 3 is 2.09 bits per heavy atom. The van der Waals surface area contributed by atoms with Gasteiger partial charge in [-0.2, -0.15) is 17.5 Å². The lowest BCUT2D eigenvalue weighted by atomic mass is 10.2. The topological polar surface area (TPSA) is 37.4 Å². The van der Waals surface area contributed by atoms with Crippen molar-refractivity contribution < 1.29 is 21.6 Å². The van der Waals surface area contributed by atoms with Gasteiger partial charge >= 0.3 is 6.18 Å². The van der Waals surface area contributed by atoms with Crippen molar-refractivity contribution in [1.82, 2.24) is 4.31 Å². The molecule has 0 aliphatic carbocycles. The van der Waals surface area contributed by atoms with Gasteiger partial charge in [0, 0.05) is 18.5 Å². The number of benzene rings is 1. The Balaban J connectivity index is 3.63. The molecule has 0 aliphatic rings. The van der Waals surface area contributed by atoms with Gasteiger partial charge in [0.1, 0.15) is 0 Å². The molecule has 0 spiro atoms. The lowest BCUT2D eigenvalue weighted by Crippen LogP contribution is -2.39. The molecule has 0 radical (unpaired) electrons. The maximum absolute atomic E-state index is 13.1. The second kappa shape index (κ2) is 7.13. The molecule has 0 N–H and O–H groups in total. The fourth-order valence-corrected chi connectivity index (χ4v) is 4.36. The number of rotatable bonds is 5. The zero-order chi connectivity index (χ0) is 17.3. The van der Waals surface area contributed by atoms with Crippen molar-refractivity contribution in [2.75, 3.05) is 12.4 Å². The number of hydrogen-bond donors (Lipinski definition) is 0. The number of alkyl halides is 4. The van der Waals surface area contributed by atoms with E-state index < -0.39 is 32.7 Å². The van der Waals surface area contributed by atoms with Crippen LogP contribution in [0.15, 0.2) is 17.0 Å². The highest BCUT2D eigenvalue weighted by Crippen LogP contribution is 2.39. The first kappa shape index (κ1) is 19.8. The van der Waals surface area contributed by atoms with Crippen LogP contribution in [0.1, 0.15) is 19.4 Å². The lowest BCUT2D eigenvalue weighted by molar-refractivity contribution is -0.139. The third kappa shape index (κ3) is 4.20. The molecular weight excluding hydrogens is 386 g/mol. The molecule has 0 aliphatic heterocycles. The van der Waals surface area contributed by atoms with Gasteiger partial charge in [0.2, 0.25) is 10.0 Å². The van der Waals surface area contributed by atoms with Crippen LogP contribution in [0.3, 0.4) is 0 Å². The van der Waals surface area contributed by atoms with E-state index in [1.165, 1.54) is 13.8 Å². The van der Waals surface area contributed by atoms with E-state index in [9.17, 15) is 21.6 Å². The summed E-state index contributed by atoms with van der Waals surface area (Å²) in [7, 11) is -4.43. The van der Waals surface area contributed by atoms with Crippen molar-refractivity contribution in [1.29, 1.82) is 0 Å². The Morgan fingerprint density at radius 2 is 1.68 bits per heavy atom. The van der Waals surface area contributed by atoms with E-state index >= 15 is 0 Å². The van der Waals surface area contributed by atoms with Gasteiger partial charge in [0.25, 0.3) is 0 Å². The van der Waals surface area contributed by atoms with Gasteiger partial charge in [-0.1, -0.05) is 23.2 Å². The fraction of sp³-hybridized carbons (Fsp3) is 0.500. The van der Waals surface area contributed by atoms with Crippen molar-refractivity contribution in [3.05, 3.63) is 27.7 Å². The molecule has 0 saturated carbocycles. The van der Waals surface area contributed by atoms with Gasteiger partial charge in [-0.25, -0.2) is 8.42 Å². The molecule has 0 amide bonds. The third-order valence-electron chi connectivity index (χ3n) is 2.80. The standard InChI is InChI=1S/C12H13Cl3F3NO2S/c1-7(2)19(4-3-13)22(20,21)11-6-10(15)9(14)5-8(11)12(16,17)18/h5-7H,3-4H2,1-2H3. The summed E-state index contributed by atoms with van der Waals surface area (Å²) in [5.41, 5.74) is -1.36. The van der Waals surface area contributed by atoms with Crippen LogP contribution < -0.4 is 0 Å². The molecule has 22 heavy (non-hydrogen) atoms. The molecule has 0 fully saturated rings. The molecule has 0 bridgehead atoms. The molecule has 0 heterocycles. The van der Waals surface area contributed by atoms with Gasteiger partial charge in [-0.15, -0.1) is 11.6 Å². The van der Waals surface area contributed by atoms with E-state index in [0.717, 1.165) is 4.31 Å². The van der Waals surface area contributed by atoms with Crippen LogP contribution in [0.5, 0.6) is 0 Å². The molecule has 3 nitrogen and oxygen atoms in total. The Morgan fingerprint density at radius 1 is 1.18 bits per heavy atom. The molecular formula is C12H13Cl3F3NO2S. The molecule has 0 atom stereocenters. The zero-order valence-corrected chi connectivity index (χ0v) is 14.7. The quantitative estimate of drug-likeness (QED) is 0.677. The van der Waals surface area contributed by atoms with Crippen LogP contribution in [0, 0.1) is 0 Å². The smallest absolute Gasteiger partial charge is 0.207 e. The lowest BCUT2D eigenvalue weighted by Gasteiger charge is -2.26. The first-order valence-corrected chi connectivity index (χ1v) is 8.80. The summed E-state index contributed by atoms with van der Waals surface area (Å²) in [6.07, 6.45) is -4.89. The summed E-state index contributed by atoms with van der Waals surface area (Å²) < 4.78 is 65.4. The molecule has 1 aromatic rings. The first-order chi connectivity index (χ1) is 9.92. The van der Waals surface area contributed by atoms with Crippen molar-refractivity contribution in [3.63, 3.8) is 0 Å². The van der Waals surface area contributed by atoms with E-state index in [-0.39, 0.29) is 22.5 Å². The van der Waals surface area contributed by atoms with Crippen molar-refractivity contribution in [2.24, 2.45) is 0 Å². The highest BCUT2D eigenvalue weighted by molar-refractivity contribution is 7.89. The van der Waals surface area contributed by atoms with E-state index in [1.54, 1.807) is 0 Å². The summed E-state index contributed by atoms with van der Waals surface area (Å²) in [6, 6.07) is 0.654. The molecule has 0 saturated heterocycles. The number of halogens is 6. The number of hydrogen-bond acceptors (Lipinski definition) is 2. The molecule has 0 aromatic heterocycles. The Kier molecular flexibility index (Phi) is 6.43. The summed E-state index contributed by atoms with van der Waals surface area (Å²) >= 11 is 16.8. The Hall–Kier alpha value is -0.210. The van der Waals surface area contributed by atoms with Crippen LogP contribution in [-0.4, -0.2) is 31.2 Å². The predicted octanol–water partition coefficient (Wildman–Crippen LogP) is 4.65. The second-order valence-electron chi connectivity index (χ2n) is 4.66. The number of nitrogens with zero attached hydrogens (tertiary/aromatic N) is 1. The zero-order valence-electron chi connectivity index (χ0n) is 11.6. The summed E-state index contributed by atoms with van der Waals surface area (Å²) in [4.78, 5) is -0.937. The van der Waals surface area contributed by atoms with E-state index in [2.05, 4.69) is 0 Å². The van der Waals surface area contributed by atoms with Gasteiger partial charge in [-0.05, 0) is 26.0 Å². The van der Waals surface area contributed by atoms with Gasteiger partial charge in [0.05, 0.1) is 20.5 Å². The summed E-state index contributed by atoms with van der Waals surface area (Å²) in [6.45, 7) is 2.95. The van der Waals surface area contributed by atoms with E-state index in [1.807, 2.05) is 0 Å². The minimum atomic E-state index is -4.89. The van der Waals surface area contributed by atoms with Crippen LogP contribution in [0.25, 0.3) is 0 Å². The van der Waals surface area contributed by atoms with Crippen LogP contribution >= 0.6 is 34.8 Å².